The second-order valence-corrected chi connectivity index (χ2v) is 6.81. The van der Waals surface area contributed by atoms with Crippen LogP contribution in [0.25, 0.3) is 11.3 Å². The normalized spacial score (nSPS) is 17.2. The van der Waals surface area contributed by atoms with E-state index in [-0.39, 0.29) is 11.9 Å². The molecule has 6 heteroatoms. The van der Waals surface area contributed by atoms with Gasteiger partial charge in [0, 0.05) is 36.1 Å². The molecule has 1 aromatic carbocycles. The summed E-state index contributed by atoms with van der Waals surface area (Å²) in [6, 6.07) is 13.5. The van der Waals surface area contributed by atoms with Gasteiger partial charge >= 0.3 is 0 Å². The van der Waals surface area contributed by atoms with Gasteiger partial charge in [0.1, 0.15) is 5.69 Å². The molecule has 3 heterocycles. The number of carbonyl (C=O) groups excluding carboxylic acids is 1. The highest BCUT2D eigenvalue weighted by Crippen LogP contribution is 2.33. The first kappa shape index (κ1) is 16.0. The van der Waals surface area contributed by atoms with Crippen molar-refractivity contribution in [2.24, 2.45) is 7.05 Å². The lowest BCUT2D eigenvalue weighted by Gasteiger charge is -2.24. The van der Waals surface area contributed by atoms with Gasteiger partial charge in [0.2, 0.25) is 0 Å². The van der Waals surface area contributed by atoms with Gasteiger partial charge in [-0.25, -0.2) is 0 Å². The highest BCUT2D eigenvalue weighted by atomic mass is 35.5. The number of likely N-dealkylation sites (tertiary alicyclic amines) is 1. The maximum Gasteiger partial charge on any atom is 0.272 e. The van der Waals surface area contributed by atoms with Crippen LogP contribution >= 0.6 is 11.6 Å². The van der Waals surface area contributed by atoms with Crippen molar-refractivity contribution in [1.82, 2.24) is 19.7 Å². The summed E-state index contributed by atoms with van der Waals surface area (Å²) in [7, 11) is 2.02. The molecule has 1 saturated heterocycles. The molecule has 1 N–H and O–H groups in total. The van der Waals surface area contributed by atoms with Crippen LogP contribution in [0.2, 0.25) is 5.02 Å². The summed E-state index contributed by atoms with van der Waals surface area (Å²) >= 11 is 5.93. The second-order valence-electron chi connectivity index (χ2n) is 6.37. The molecule has 0 saturated carbocycles. The van der Waals surface area contributed by atoms with Gasteiger partial charge in [0.25, 0.3) is 5.91 Å². The lowest BCUT2D eigenvalue weighted by Crippen LogP contribution is -2.31. The Morgan fingerprint density at radius 1 is 1.28 bits per heavy atom. The molecule has 128 valence electrons. The maximum absolute atomic E-state index is 13.0. The third kappa shape index (κ3) is 2.96. The molecule has 0 bridgehead atoms. The van der Waals surface area contributed by atoms with E-state index in [0.717, 1.165) is 30.6 Å². The van der Waals surface area contributed by atoms with Crippen molar-refractivity contribution in [3.05, 3.63) is 65.1 Å². The molecule has 0 radical (unpaired) electrons. The van der Waals surface area contributed by atoms with Gasteiger partial charge in [-0.3, -0.25) is 9.89 Å². The van der Waals surface area contributed by atoms with E-state index >= 15 is 0 Å². The average Bonchev–Trinajstić information content (AvgIpc) is 3.35. The van der Waals surface area contributed by atoms with Gasteiger partial charge in [-0.1, -0.05) is 23.7 Å². The smallest absolute Gasteiger partial charge is 0.272 e. The van der Waals surface area contributed by atoms with E-state index in [4.69, 9.17) is 11.6 Å². The molecular weight excluding hydrogens is 336 g/mol. The van der Waals surface area contributed by atoms with Crippen molar-refractivity contribution in [2.45, 2.75) is 18.9 Å². The predicted molar refractivity (Wildman–Crippen MR) is 97.5 cm³/mol. The molecule has 1 amide bonds. The van der Waals surface area contributed by atoms with E-state index in [0.29, 0.717) is 10.7 Å². The summed E-state index contributed by atoms with van der Waals surface area (Å²) < 4.78 is 2.09. The Morgan fingerprint density at radius 3 is 2.80 bits per heavy atom. The van der Waals surface area contributed by atoms with Crippen LogP contribution in [-0.2, 0) is 7.05 Å². The standard InChI is InChI=1S/C19H19ClN4O/c1-23-10-2-4-17(23)18-5-3-11-24(18)19(25)16-12-15(21-22-16)13-6-8-14(20)9-7-13/h2,4,6-10,12,18H,3,5,11H2,1H3,(H,21,22). The zero-order valence-corrected chi connectivity index (χ0v) is 14.7. The molecule has 1 atom stereocenters. The minimum absolute atomic E-state index is 0.00332. The zero-order chi connectivity index (χ0) is 17.4. The van der Waals surface area contributed by atoms with Crippen molar-refractivity contribution >= 4 is 17.5 Å². The SMILES string of the molecule is Cn1cccc1C1CCCN1C(=O)c1cc(-c2ccc(Cl)cc2)n[nH]1. The number of nitrogens with one attached hydrogen (secondary N) is 1. The van der Waals surface area contributed by atoms with E-state index in [9.17, 15) is 4.79 Å². The van der Waals surface area contributed by atoms with E-state index in [1.165, 1.54) is 5.69 Å². The third-order valence-electron chi connectivity index (χ3n) is 4.79. The number of nitrogens with zero attached hydrogens (tertiary/aromatic N) is 3. The Kier molecular flexibility index (Phi) is 4.09. The number of amides is 1. The van der Waals surface area contributed by atoms with E-state index in [2.05, 4.69) is 20.8 Å². The number of hydrogen-bond donors (Lipinski definition) is 1. The molecular formula is C19H19ClN4O. The van der Waals surface area contributed by atoms with Gasteiger partial charge < -0.3 is 9.47 Å². The molecule has 25 heavy (non-hydrogen) atoms. The summed E-state index contributed by atoms with van der Waals surface area (Å²) in [4.78, 5) is 14.9. The highest BCUT2D eigenvalue weighted by Gasteiger charge is 2.32. The largest absolute Gasteiger partial charge is 0.353 e. The quantitative estimate of drug-likeness (QED) is 0.771. The first-order valence-electron chi connectivity index (χ1n) is 8.37. The van der Waals surface area contributed by atoms with E-state index < -0.39 is 0 Å². The van der Waals surface area contributed by atoms with Crippen molar-refractivity contribution in [2.75, 3.05) is 6.54 Å². The first-order valence-corrected chi connectivity index (χ1v) is 8.75. The predicted octanol–water partition coefficient (Wildman–Crippen LogP) is 4.05. The van der Waals surface area contributed by atoms with Crippen LogP contribution in [0, 0.1) is 0 Å². The summed E-state index contributed by atoms with van der Waals surface area (Å²) in [5, 5.41) is 7.87. The van der Waals surface area contributed by atoms with Gasteiger partial charge in [-0.2, -0.15) is 5.10 Å². The van der Waals surface area contributed by atoms with Crippen molar-refractivity contribution in [1.29, 1.82) is 0 Å². The Bertz CT molecular complexity index is 896. The number of aryl methyl sites for hydroxylation is 1. The number of aromatic amines is 1. The molecule has 5 nitrogen and oxygen atoms in total. The van der Waals surface area contributed by atoms with Gasteiger partial charge in [0.05, 0.1) is 11.7 Å². The van der Waals surface area contributed by atoms with Gasteiger partial charge in [-0.15, -0.1) is 0 Å². The fourth-order valence-corrected chi connectivity index (χ4v) is 3.62. The molecule has 0 aliphatic carbocycles. The van der Waals surface area contributed by atoms with Crippen molar-refractivity contribution in [3.63, 3.8) is 0 Å². The first-order chi connectivity index (χ1) is 12.1. The van der Waals surface area contributed by atoms with Gasteiger partial charge in [0.15, 0.2) is 0 Å². The van der Waals surface area contributed by atoms with Crippen LogP contribution in [0.1, 0.15) is 35.1 Å². The molecule has 0 spiro atoms. The van der Waals surface area contributed by atoms with Crippen LogP contribution in [0.5, 0.6) is 0 Å². The average molecular weight is 355 g/mol. The summed E-state index contributed by atoms with van der Waals surface area (Å²) in [5.41, 5.74) is 3.36. The van der Waals surface area contributed by atoms with E-state index in [1.807, 2.05) is 54.5 Å². The minimum Gasteiger partial charge on any atom is -0.353 e. The summed E-state index contributed by atoms with van der Waals surface area (Å²) in [6.07, 6.45) is 4.02. The van der Waals surface area contributed by atoms with Crippen LogP contribution in [0.4, 0.5) is 0 Å². The molecule has 1 aliphatic rings. The number of hydrogen-bond acceptors (Lipinski definition) is 2. The van der Waals surface area contributed by atoms with Gasteiger partial charge in [-0.05, 0) is 43.2 Å². The number of halogens is 1. The lowest BCUT2D eigenvalue weighted by atomic mass is 10.1. The Hall–Kier alpha value is -2.53. The van der Waals surface area contributed by atoms with Crippen LogP contribution in [0.3, 0.4) is 0 Å². The summed E-state index contributed by atoms with van der Waals surface area (Å²) in [6.45, 7) is 0.768. The highest BCUT2D eigenvalue weighted by molar-refractivity contribution is 6.30. The fraction of sp³-hybridized carbons (Fsp3) is 0.263. The zero-order valence-electron chi connectivity index (χ0n) is 13.9. The number of aromatic nitrogens is 3. The van der Waals surface area contributed by atoms with Crippen molar-refractivity contribution in [3.8, 4) is 11.3 Å². The molecule has 1 fully saturated rings. The fourth-order valence-electron chi connectivity index (χ4n) is 3.49. The third-order valence-corrected chi connectivity index (χ3v) is 5.04. The Labute approximate surface area is 151 Å². The number of carbonyl (C=O) groups is 1. The number of benzene rings is 1. The maximum atomic E-state index is 13.0. The molecule has 2 aromatic heterocycles. The lowest BCUT2D eigenvalue weighted by molar-refractivity contribution is 0.0725. The van der Waals surface area contributed by atoms with E-state index in [1.54, 1.807) is 0 Å². The van der Waals surface area contributed by atoms with Crippen LogP contribution in [0.15, 0.2) is 48.7 Å². The van der Waals surface area contributed by atoms with Crippen LogP contribution < -0.4 is 0 Å². The molecule has 1 aliphatic heterocycles. The molecule has 3 aromatic rings. The topological polar surface area (TPSA) is 53.9 Å². The monoisotopic (exact) mass is 354 g/mol. The Morgan fingerprint density at radius 2 is 2.08 bits per heavy atom. The second kappa shape index (κ2) is 6.41. The Balaban J connectivity index is 1.59. The minimum atomic E-state index is -0.00332. The number of rotatable bonds is 3. The van der Waals surface area contributed by atoms with Crippen molar-refractivity contribution < 1.29 is 4.79 Å². The molecule has 4 rings (SSSR count). The number of H-pyrrole nitrogens is 1. The molecule has 1 unspecified atom stereocenters. The van der Waals surface area contributed by atoms with Crippen LogP contribution in [-0.4, -0.2) is 32.1 Å². The summed E-state index contributed by atoms with van der Waals surface area (Å²) in [5.74, 6) is -0.00332.